The zero-order chi connectivity index (χ0) is 12.5. The predicted octanol–water partition coefficient (Wildman–Crippen LogP) is -0.459. The molecule has 0 radical (unpaired) electrons. The van der Waals surface area contributed by atoms with Crippen LogP contribution in [0.3, 0.4) is 0 Å². The van der Waals surface area contributed by atoms with E-state index >= 15 is 0 Å². The zero-order valence-electron chi connectivity index (χ0n) is 9.17. The third-order valence-electron chi connectivity index (χ3n) is 2.75. The maximum absolute atomic E-state index is 11.8. The summed E-state index contributed by atoms with van der Waals surface area (Å²) in [5, 5.41) is 2.66. The van der Waals surface area contributed by atoms with E-state index in [1.165, 1.54) is 0 Å². The van der Waals surface area contributed by atoms with Crippen molar-refractivity contribution in [2.24, 2.45) is 5.73 Å². The maximum atomic E-state index is 11.8. The van der Waals surface area contributed by atoms with Crippen molar-refractivity contribution < 1.29 is 13.2 Å². The van der Waals surface area contributed by atoms with E-state index < -0.39 is 21.9 Å². The van der Waals surface area contributed by atoms with Crippen LogP contribution in [0.4, 0.5) is 0 Å². The van der Waals surface area contributed by atoms with Gasteiger partial charge in [-0.1, -0.05) is 18.2 Å². The second-order valence-electron chi connectivity index (χ2n) is 4.19. The fourth-order valence-electron chi connectivity index (χ4n) is 1.86. The van der Waals surface area contributed by atoms with Crippen LogP contribution in [0.1, 0.15) is 10.4 Å². The van der Waals surface area contributed by atoms with Gasteiger partial charge in [0.05, 0.1) is 17.5 Å². The van der Waals surface area contributed by atoms with Crippen LogP contribution in [0, 0.1) is 0 Å². The van der Waals surface area contributed by atoms with Crippen molar-refractivity contribution in [3.8, 4) is 0 Å². The smallest absolute Gasteiger partial charge is 0.251 e. The van der Waals surface area contributed by atoms with Crippen LogP contribution in [-0.4, -0.2) is 37.9 Å². The van der Waals surface area contributed by atoms with Gasteiger partial charge in [-0.05, 0) is 12.1 Å². The van der Waals surface area contributed by atoms with Gasteiger partial charge in [0.2, 0.25) is 0 Å². The summed E-state index contributed by atoms with van der Waals surface area (Å²) in [6.45, 7) is 0. The van der Waals surface area contributed by atoms with Gasteiger partial charge in [-0.2, -0.15) is 0 Å². The van der Waals surface area contributed by atoms with Crippen molar-refractivity contribution in [2.45, 2.75) is 12.1 Å². The number of hydrogen-bond acceptors (Lipinski definition) is 4. The third kappa shape index (κ3) is 2.83. The molecule has 1 heterocycles. The number of benzene rings is 1. The average molecular weight is 254 g/mol. The minimum Gasteiger partial charge on any atom is -0.347 e. The van der Waals surface area contributed by atoms with Crippen molar-refractivity contribution in [3.63, 3.8) is 0 Å². The Morgan fingerprint density at radius 1 is 1.24 bits per heavy atom. The highest BCUT2D eigenvalue weighted by Crippen LogP contribution is 2.11. The van der Waals surface area contributed by atoms with Gasteiger partial charge in [0.15, 0.2) is 9.84 Å². The highest BCUT2D eigenvalue weighted by Gasteiger charge is 2.36. The van der Waals surface area contributed by atoms with E-state index in [4.69, 9.17) is 5.73 Å². The van der Waals surface area contributed by atoms with Gasteiger partial charge in [0.25, 0.3) is 5.91 Å². The average Bonchev–Trinajstić information content (AvgIpc) is 2.53. The van der Waals surface area contributed by atoms with Crippen molar-refractivity contribution in [2.75, 3.05) is 11.5 Å². The molecular formula is C11H14N2O3S. The number of rotatable bonds is 2. The van der Waals surface area contributed by atoms with E-state index in [2.05, 4.69) is 5.32 Å². The largest absolute Gasteiger partial charge is 0.347 e. The first kappa shape index (κ1) is 12.1. The summed E-state index contributed by atoms with van der Waals surface area (Å²) in [5.74, 6) is -0.428. The quantitative estimate of drug-likeness (QED) is 0.747. The monoisotopic (exact) mass is 254 g/mol. The first-order valence-corrected chi connectivity index (χ1v) is 7.12. The summed E-state index contributed by atoms with van der Waals surface area (Å²) < 4.78 is 22.7. The second-order valence-corrected chi connectivity index (χ2v) is 6.34. The van der Waals surface area contributed by atoms with Crippen LogP contribution < -0.4 is 11.1 Å². The Labute approximate surface area is 99.9 Å². The van der Waals surface area contributed by atoms with E-state index in [0.717, 1.165) is 0 Å². The summed E-state index contributed by atoms with van der Waals surface area (Å²) in [6.07, 6.45) is 0. The van der Waals surface area contributed by atoms with Gasteiger partial charge in [-0.15, -0.1) is 0 Å². The number of carbonyl (C=O) groups excluding carboxylic acids is 1. The molecule has 1 aliphatic heterocycles. The molecule has 1 aliphatic rings. The van der Waals surface area contributed by atoms with Crippen LogP contribution in [0.5, 0.6) is 0 Å². The van der Waals surface area contributed by atoms with Crippen molar-refractivity contribution in [3.05, 3.63) is 35.9 Å². The molecule has 2 unspecified atom stereocenters. The van der Waals surface area contributed by atoms with Crippen molar-refractivity contribution in [1.82, 2.24) is 5.32 Å². The van der Waals surface area contributed by atoms with Crippen LogP contribution in [0.25, 0.3) is 0 Å². The summed E-state index contributed by atoms with van der Waals surface area (Å²) in [7, 11) is -3.11. The second kappa shape index (κ2) is 4.46. The van der Waals surface area contributed by atoms with E-state index in [1.54, 1.807) is 24.3 Å². The van der Waals surface area contributed by atoms with E-state index in [-0.39, 0.29) is 17.4 Å². The molecule has 0 aromatic heterocycles. The van der Waals surface area contributed by atoms with Crippen molar-refractivity contribution >= 4 is 15.7 Å². The lowest BCUT2D eigenvalue weighted by Gasteiger charge is -2.15. The number of hydrogen-bond donors (Lipinski definition) is 2. The van der Waals surface area contributed by atoms with Gasteiger partial charge in [0.1, 0.15) is 0 Å². The Morgan fingerprint density at radius 2 is 1.88 bits per heavy atom. The molecule has 1 aromatic carbocycles. The Kier molecular flexibility index (Phi) is 3.17. The molecule has 1 fully saturated rings. The molecule has 92 valence electrons. The van der Waals surface area contributed by atoms with Gasteiger partial charge in [0, 0.05) is 11.6 Å². The fraction of sp³-hybridized carbons (Fsp3) is 0.364. The Balaban J connectivity index is 2.06. The van der Waals surface area contributed by atoms with Crippen LogP contribution in [0.2, 0.25) is 0 Å². The summed E-state index contributed by atoms with van der Waals surface area (Å²) >= 11 is 0. The number of carbonyl (C=O) groups is 1. The molecule has 5 nitrogen and oxygen atoms in total. The minimum atomic E-state index is -3.11. The summed E-state index contributed by atoms with van der Waals surface area (Å²) in [4.78, 5) is 11.8. The molecule has 0 aliphatic carbocycles. The van der Waals surface area contributed by atoms with E-state index in [1.807, 2.05) is 6.07 Å². The molecule has 6 heteroatoms. The number of sulfone groups is 1. The molecule has 0 spiro atoms. The number of nitrogens with two attached hydrogens (primary N) is 1. The topological polar surface area (TPSA) is 89.3 Å². The standard InChI is InChI=1S/C11H14N2O3S/c12-9-6-17(15,16)7-10(9)13-11(14)8-4-2-1-3-5-8/h1-5,9-10H,6-7,12H2,(H,13,14). The fourth-order valence-corrected chi connectivity index (χ4v) is 3.70. The molecule has 3 N–H and O–H groups in total. The Hall–Kier alpha value is -1.40. The Morgan fingerprint density at radius 3 is 2.41 bits per heavy atom. The molecule has 2 atom stereocenters. The van der Waals surface area contributed by atoms with E-state index in [9.17, 15) is 13.2 Å². The highest BCUT2D eigenvalue weighted by molar-refractivity contribution is 7.91. The maximum Gasteiger partial charge on any atom is 0.251 e. The van der Waals surface area contributed by atoms with Gasteiger partial charge >= 0.3 is 0 Å². The van der Waals surface area contributed by atoms with E-state index in [0.29, 0.717) is 5.56 Å². The lowest BCUT2D eigenvalue weighted by atomic mass is 10.1. The SMILES string of the molecule is NC1CS(=O)(=O)CC1NC(=O)c1ccccc1. The molecule has 0 bridgehead atoms. The molecule has 2 rings (SSSR count). The van der Waals surface area contributed by atoms with Gasteiger partial charge < -0.3 is 11.1 Å². The predicted molar refractivity (Wildman–Crippen MR) is 64.3 cm³/mol. The zero-order valence-corrected chi connectivity index (χ0v) is 9.98. The number of nitrogens with one attached hydrogen (secondary N) is 1. The van der Waals surface area contributed by atoms with Crippen LogP contribution in [-0.2, 0) is 9.84 Å². The van der Waals surface area contributed by atoms with Crippen molar-refractivity contribution in [1.29, 1.82) is 0 Å². The van der Waals surface area contributed by atoms with Gasteiger partial charge in [-0.25, -0.2) is 8.42 Å². The lowest BCUT2D eigenvalue weighted by molar-refractivity contribution is 0.0938. The van der Waals surface area contributed by atoms with Crippen LogP contribution in [0.15, 0.2) is 30.3 Å². The molecule has 1 saturated heterocycles. The highest BCUT2D eigenvalue weighted by atomic mass is 32.2. The molecule has 1 aromatic rings. The Bertz CT molecular complexity index is 513. The third-order valence-corrected chi connectivity index (χ3v) is 4.51. The first-order chi connectivity index (χ1) is 7.98. The summed E-state index contributed by atoms with van der Waals surface area (Å²) in [5.41, 5.74) is 6.19. The summed E-state index contributed by atoms with van der Waals surface area (Å²) in [6, 6.07) is 7.64. The van der Waals surface area contributed by atoms with Gasteiger partial charge in [-0.3, -0.25) is 4.79 Å². The minimum absolute atomic E-state index is 0.0628. The molecule has 1 amide bonds. The van der Waals surface area contributed by atoms with Crippen LogP contribution >= 0.6 is 0 Å². The molecular weight excluding hydrogens is 240 g/mol. The lowest BCUT2D eigenvalue weighted by Crippen LogP contribution is -2.46. The normalized spacial score (nSPS) is 26.6. The molecule has 17 heavy (non-hydrogen) atoms. The molecule has 0 saturated carbocycles. The number of amides is 1. The first-order valence-electron chi connectivity index (χ1n) is 5.30.